The first-order chi connectivity index (χ1) is 52.9. The molecule has 109 heavy (non-hydrogen) atoms. The third kappa shape index (κ3) is 82.4. The summed E-state index contributed by atoms with van der Waals surface area (Å²) in [6, 6.07) is 0. The van der Waals surface area contributed by atoms with Crippen molar-refractivity contribution in [3.63, 3.8) is 0 Å². The van der Waals surface area contributed by atoms with Crippen molar-refractivity contribution in [3.8, 4) is 0 Å². The summed E-state index contributed by atoms with van der Waals surface area (Å²) in [5.74, 6) is -0.553. The summed E-state index contributed by atoms with van der Waals surface area (Å²) in [5.41, 5.74) is 0. The van der Waals surface area contributed by atoms with E-state index in [4.69, 9.17) is 37.0 Å². The smallest absolute Gasteiger partial charge is 0.462 e. The molecule has 19 heteroatoms. The van der Waals surface area contributed by atoms with Gasteiger partial charge in [0.25, 0.3) is 0 Å². The van der Waals surface area contributed by atoms with Gasteiger partial charge in [-0.15, -0.1) is 0 Å². The van der Waals surface area contributed by atoms with Crippen LogP contribution >= 0.6 is 15.6 Å². The van der Waals surface area contributed by atoms with E-state index in [0.717, 1.165) is 102 Å². The van der Waals surface area contributed by atoms with Crippen LogP contribution in [0.25, 0.3) is 0 Å². The van der Waals surface area contributed by atoms with E-state index < -0.39 is 97.5 Å². The Balaban J connectivity index is 5.23. The molecule has 648 valence electrons. The van der Waals surface area contributed by atoms with Crippen molar-refractivity contribution in [1.29, 1.82) is 0 Å². The largest absolute Gasteiger partial charge is 0.472 e. The van der Waals surface area contributed by atoms with Gasteiger partial charge in [-0.3, -0.25) is 37.3 Å². The Morgan fingerprint density at radius 1 is 0.266 bits per heavy atom. The van der Waals surface area contributed by atoms with E-state index in [-0.39, 0.29) is 25.7 Å². The van der Waals surface area contributed by atoms with Crippen LogP contribution in [0.4, 0.5) is 0 Å². The van der Waals surface area contributed by atoms with Gasteiger partial charge in [0, 0.05) is 25.7 Å². The lowest BCUT2D eigenvalue weighted by atomic mass is 9.99. The molecule has 0 fully saturated rings. The number of phosphoric acid groups is 2. The first kappa shape index (κ1) is 107. The molecule has 0 amide bonds. The molecule has 0 aliphatic heterocycles. The fourth-order valence-corrected chi connectivity index (χ4v) is 15.7. The molecular formula is C90H176O17P2. The van der Waals surface area contributed by atoms with Crippen molar-refractivity contribution in [1.82, 2.24) is 0 Å². The molecule has 0 radical (unpaired) electrons. The zero-order valence-corrected chi connectivity index (χ0v) is 73.7. The van der Waals surface area contributed by atoms with E-state index in [2.05, 4.69) is 41.5 Å². The van der Waals surface area contributed by atoms with E-state index in [1.165, 1.54) is 302 Å². The number of hydrogen-bond donors (Lipinski definition) is 3. The van der Waals surface area contributed by atoms with E-state index in [1.807, 2.05) is 0 Å². The zero-order valence-electron chi connectivity index (χ0n) is 71.9. The number of phosphoric ester groups is 2. The molecule has 0 rings (SSSR count). The number of rotatable bonds is 89. The van der Waals surface area contributed by atoms with Crippen LogP contribution in [0.5, 0.6) is 0 Å². The number of aliphatic hydroxyl groups is 1. The quantitative estimate of drug-likeness (QED) is 0.0222. The predicted molar refractivity (Wildman–Crippen MR) is 451 cm³/mol. The van der Waals surface area contributed by atoms with Gasteiger partial charge in [0.15, 0.2) is 12.2 Å². The number of aliphatic hydroxyl groups excluding tert-OH is 1. The van der Waals surface area contributed by atoms with Crippen molar-refractivity contribution in [2.45, 2.75) is 503 Å². The summed E-state index contributed by atoms with van der Waals surface area (Å²) < 4.78 is 69.0. The second-order valence-electron chi connectivity index (χ2n) is 33.1. The Hall–Kier alpha value is -1.94. The monoisotopic (exact) mass is 1590 g/mol. The molecule has 17 nitrogen and oxygen atoms in total. The maximum atomic E-state index is 13.2. The minimum atomic E-state index is -4.97. The summed E-state index contributed by atoms with van der Waals surface area (Å²) in [4.78, 5) is 73.4. The minimum Gasteiger partial charge on any atom is -0.462 e. The van der Waals surface area contributed by atoms with Crippen LogP contribution in [-0.4, -0.2) is 96.7 Å². The average Bonchev–Trinajstić information content (AvgIpc) is 0.897. The standard InChI is InChI=1S/C90H176O17P2/c1-7-10-12-14-16-18-20-22-24-26-28-30-32-34-36-38-40-42-49-56-62-68-74-89(94)106-85(78-100-87(92)72-66-60-54-48-41-39-37-35-33-31-29-27-25-23-21-19-17-15-13-11-8-2)80-104-108(96,97)102-76-84(91)77-103-109(98,99)105-81-86(79-101-88(93)73-67-61-55-51-45-46-52-58-64-70-82(4)5)107-90(95)75-69-63-57-50-44-43-47-53-59-65-71-83(6)9-3/h82-86,91H,7-81H2,1-6H3,(H,96,97)(H,98,99)/t83?,84-,85-,86-/m1/s1. The fourth-order valence-electron chi connectivity index (χ4n) is 14.1. The summed E-state index contributed by atoms with van der Waals surface area (Å²) in [7, 11) is -9.93. The highest BCUT2D eigenvalue weighted by molar-refractivity contribution is 7.47. The van der Waals surface area contributed by atoms with E-state index in [9.17, 15) is 43.2 Å². The molecule has 0 aliphatic rings. The van der Waals surface area contributed by atoms with Crippen LogP contribution in [0.2, 0.25) is 0 Å². The van der Waals surface area contributed by atoms with Gasteiger partial charge >= 0.3 is 39.5 Å². The van der Waals surface area contributed by atoms with Crippen molar-refractivity contribution < 1.29 is 80.2 Å². The molecule has 0 saturated heterocycles. The SMILES string of the molecule is CCCCCCCCCCCCCCCCCCCCCCCCC(=O)O[C@H](COC(=O)CCCCCCCCCCCCCCCCCCCCCCC)COP(=O)(O)OC[C@@H](O)COP(=O)(O)OC[C@@H](COC(=O)CCCCCCCCCCCC(C)C)OC(=O)CCCCCCCCCCCCC(C)CC. The summed E-state index contributed by atoms with van der Waals surface area (Å²) >= 11 is 0. The molecule has 0 aromatic carbocycles. The van der Waals surface area contributed by atoms with Gasteiger partial charge in [0.2, 0.25) is 0 Å². The molecule has 0 spiro atoms. The Kier molecular flexibility index (Phi) is 79.8. The number of hydrogen-bond acceptors (Lipinski definition) is 15. The highest BCUT2D eigenvalue weighted by Gasteiger charge is 2.31. The predicted octanol–water partition coefficient (Wildman–Crippen LogP) is 27.8. The van der Waals surface area contributed by atoms with Gasteiger partial charge in [-0.25, -0.2) is 9.13 Å². The second kappa shape index (κ2) is 81.2. The lowest BCUT2D eigenvalue weighted by Crippen LogP contribution is -2.30. The molecule has 0 aromatic heterocycles. The minimum absolute atomic E-state index is 0.106. The van der Waals surface area contributed by atoms with Crippen molar-refractivity contribution in [2.75, 3.05) is 39.6 Å². The number of ether oxygens (including phenoxy) is 4. The Morgan fingerprint density at radius 3 is 0.697 bits per heavy atom. The summed E-state index contributed by atoms with van der Waals surface area (Å²) in [6.07, 6.45) is 75.2. The van der Waals surface area contributed by atoms with Crippen LogP contribution in [0.1, 0.15) is 485 Å². The molecule has 6 atom stereocenters. The number of carbonyl (C=O) groups excluding carboxylic acids is 4. The molecular weight excluding hydrogens is 1410 g/mol. The average molecular weight is 1590 g/mol. The first-order valence-corrected chi connectivity index (χ1v) is 49.5. The highest BCUT2D eigenvalue weighted by atomic mass is 31.2. The van der Waals surface area contributed by atoms with E-state index in [0.29, 0.717) is 25.7 Å². The van der Waals surface area contributed by atoms with Gasteiger partial charge in [0.05, 0.1) is 26.4 Å². The van der Waals surface area contributed by atoms with Gasteiger partial charge < -0.3 is 33.8 Å². The van der Waals surface area contributed by atoms with Gasteiger partial charge in [-0.05, 0) is 37.5 Å². The first-order valence-electron chi connectivity index (χ1n) is 46.5. The Morgan fingerprint density at radius 2 is 0.468 bits per heavy atom. The Bertz CT molecular complexity index is 2080. The lowest BCUT2D eigenvalue weighted by Gasteiger charge is -2.21. The van der Waals surface area contributed by atoms with E-state index in [1.54, 1.807) is 0 Å². The molecule has 0 bridgehead atoms. The normalized spacial score (nSPS) is 14.0. The van der Waals surface area contributed by atoms with E-state index >= 15 is 0 Å². The number of carbonyl (C=O) groups is 4. The van der Waals surface area contributed by atoms with Crippen molar-refractivity contribution >= 4 is 39.5 Å². The van der Waals surface area contributed by atoms with Crippen molar-refractivity contribution in [2.24, 2.45) is 11.8 Å². The highest BCUT2D eigenvalue weighted by Crippen LogP contribution is 2.45. The van der Waals surface area contributed by atoms with Gasteiger partial charge in [0.1, 0.15) is 19.3 Å². The van der Waals surface area contributed by atoms with Crippen LogP contribution in [0.3, 0.4) is 0 Å². The molecule has 3 unspecified atom stereocenters. The van der Waals surface area contributed by atoms with Gasteiger partial charge in [-0.2, -0.15) is 0 Å². The molecule has 0 aromatic rings. The summed E-state index contributed by atoms with van der Waals surface area (Å²) in [6.45, 7) is 9.69. The maximum Gasteiger partial charge on any atom is 0.472 e. The molecule has 0 saturated carbocycles. The van der Waals surface area contributed by atoms with Crippen LogP contribution in [0, 0.1) is 11.8 Å². The van der Waals surface area contributed by atoms with Crippen LogP contribution < -0.4 is 0 Å². The van der Waals surface area contributed by atoms with Gasteiger partial charge in [-0.1, -0.05) is 433 Å². The number of unbranched alkanes of at least 4 members (excludes halogenated alkanes) is 58. The fraction of sp³-hybridized carbons (Fsp3) is 0.956. The number of esters is 4. The zero-order chi connectivity index (χ0) is 79.9. The van der Waals surface area contributed by atoms with Crippen molar-refractivity contribution in [3.05, 3.63) is 0 Å². The maximum absolute atomic E-state index is 13.2. The van der Waals surface area contributed by atoms with Crippen LogP contribution in [0.15, 0.2) is 0 Å². The second-order valence-corrected chi connectivity index (χ2v) is 36.0. The lowest BCUT2D eigenvalue weighted by molar-refractivity contribution is -0.161. The third-order valence-corrected chi connectivity index (χ3v) is 23.5. The summed E-state index contributed by atoms with van der Waals surface area (Å²) in [5, 5.41) is 10.7. The topological polar surface area (TPSA) is 237 Å². The third-order valence-electron chi connectivity index (χ3n) is 21.6. The van der Waals surface area contributed by atoms with Crippen LogP contribution in [-0.2, 0) is 65.4 Å². The molecule has 0 aliphatic carbocycles. The molecule has 0 heterocycles. The Labute approximate surface area is 670 Å². The molecule has 3 N–H and O–H groups in total.